The number of esters is 1. The van der Waals surface area contributed by atoms with Gasteiger partial charge in [-0.2, -0.15) is 0 Å². The van der Waals surface area contributed by atoms with Gasteiger partial charge in [-0.05, 0) is 44.0 Å². The molecule has 3 fully saturated rings. The van der Waals surface area contributed by atoms with Gasteiger partial charge in [0, 0.05) is 18.8 Å². The van der Waals surface area contributed by atoms with E-state index in [0.717, 1.165) is 11.4 Å². The molecule has 170 valence electrons. The Bertz CT molecular complexity index is 952. The molecule has 5 rings (SSSR count). The number of rotatable bonds is 5. The maximum atomic E-state index is 13.5. The quantitative estimate of drug-likeness (QED) is 0.513. The van der Waals surface area contributed by atoms with Crippen molar-refractivity contribution in [2.75, 3.05) is 38.3 Å². The molecule has 0 aromatic heterocycles. The Balaban J connectivity index is 1.32. The number of methoxy groups -OCH3 is 1. The van der Waals surface area contributed by atoms with Crippen LogP contribution in [-0.4, -0.2) is 67.7 Å². The summed E-state index contributed by atoms with van der Waals surface area (Å²) < 4.78 is 16.6. The first-order valence-corrected chi connectivity index (χ1v) is 11.3. The molecule has 0 aliphatic carbocycles. The molecular formula is C24H28N2O6. The van der Waals surface area contributed by atoms with Gasteiger partial charge in [-0.1, -0.05) is 12.2 Å². The second kappa shape index (κ2) is 7.92. The van der Waals surface area contributed by atoms with Gasteiger partial charge in [-0.3, -0.25) is 14.4 Å². The fraction of sp³-hybridized carbons (Fsp3) is 0.542. The van der Waals surface area contributed by atoms with E-state index in [4.69, 9.17) is 14.2 Å². The molecule has 4 aliphatic rings. The van der Waals surface area contributed by atoms with Crippen LogP contribution in [0.15, 0.2) is 36.4 Å². The fourth-order valence-corrected chi connectivity index (χ4v) is 5.57. The summed E-state index contributed by atoms with van der Waals surface area (Å²) in [5, 5.41) is 0. The number of ether oxygens (including phenoxy) is 3. The maximum Gasteiger partial charge on any atom is 0.309 e. The van der Waals surface area contributed by atoms with Gasteiger partial charge in [-0.15, -0.1) is 0 Å². The number of nitrogens with zero attached hydrogens (tertiary/aromatic N) is 2. The van der Waals surface area contributed by atoms with Gasteiger partial charge < -0.3 is 24.0 Å². The molecule has 4 aliphatic heterocycles. The van der Waals surface area contributed by atoms with Crippen LogP contribution < -0.4 is 9.64 Å². The summed E-state index contributed by atoms with van der Waals surface area (Å²) in [4.78, 5) is 42.5. The Kier molecular flexibility index (Phi) is 5.20. The van der Waals surface area contributed by atoms with E-state index in [1.54, 1.807) is 23.8 Å². The monoisotopic (exact) mass is 440 g/mol. The van der Waals surface area contributed by atoms with Gasteiger partial charge in [0.15, 0.2) is 0 Å². The van der Waals surface area contributed by atoms with Gasteiger partial charge >= 0.3 is 5.97 Å². The minimum absolute atomic E-state index is 0.0570. The van der Waals surface area contributed by atoms with Crippen molar-refractivity contribution in [2.24, 2.45) is 17.8 Å². The standard InChI is InChI=1S/C24H28N2O6/c1-3-31-23(29)15-9-12-25(13-10-15)21(27)19-18-8-11-24(32-18)14-26(22(28)20(19)24)16-4-6-17(30-2)7-5-16/h4-8,11,15,18-20H,3,9-10,12-14H2,1-2H3/t18-,19?,20+,24-/m1/s1. The van der Waals surface area contributed by atoms with Crippen LogP contribution in [0.2, 0.25) is 0 Å². The van der Waals surface area contributed by atoms with Gasteiger partial charge in [0.2, 0.25) is 11.8 Å². The number of carbonyl (C=O) groups is 3. The Morgan fingerprint density at radius 3 is 2.56 bits per heavy atom. The summed E-state index contributed by atoms with van der Waals surface area (Å²) in [6.07, 6.45) is 4.67. The fourth-order valence-electron chi connectivity index (χ4n) is 5.57. The molecule has 4 atom stereocenters. The second-order valence-electron chi connectivity index (χ2n) is 8.87. The van der Waals surface area contributed by atoms with Crippen molar-refractivity contribution in [3.8, 4) is 5.75 Å². The highest BCUT2D eigenvalue weighted by Crippen LogP contribution is 2.53. The van der Waals surface area contributed by atoms with E-state index in [0.29, 0.717) is 39.1 Å². The highest BCUT2D eigenvalue weighted by atomic mass is 16.5. The van der Waals surface area contributed by atoms with Crippen molar-refractivity contribution in [3.05, 3.63) is 36.4 Å². The number of piperidine rings is 1. The molecule has 0 N–H and O–H groups in total. The van der Waals surface area contributed by atoms with E-state index < -0.39 is 17.4 Å². The van der Waals surface area contributed by atoms with E-state index in [1.807, 2.05) is 36.4 Å². The highest BCUT2D eigenvalue weighted by molar-refractivity contribution is 6.03. The summed E-state index contributed by atoms with van der Waals surface area (Å²) in [5.74, 6) is -0.842. The summed E-state index contributed by atoms with van der Waals surface area (Å²) >= 11 is 0. The molecule has 2 amide bonds. The van der Waals surface area contributed by atoms with Crippen LogP contribution in [0.5, 0.6) is 5.75 Å². The lowest BCUT2D eigenvalue weighted by atomic mass is 9.76. The third-order valence-electron chi connectivity index (χ3n) is 7.20. The summed E-state index contributed by atoms with van der Waals surface area (Å²) in [6, 6.07) is 7.33. The van der Waals surface area contributed by atoms with Gasteiger partial charge in [0.1, 0.15) is 11.4 Å². The molecule has 1 spiro atoms. The number of carbonyl (C=O) groups excluding carboxylic acids is 3. The molecule has 32 heavy (non-hydrogen) atoms. The first kappa shape index (κ1) is 21.0. The van der Waals surface area contributed by atoms with Crippen molar-refractivity contribution >= 4 is 23.5 Å². The van der Waals surface area contributed by atoms with Gasteiger partial charge in [-0.25, -0.2) is 0 Å². The van der Waals surface area contributed by atoms with Gasteiger partial charge in [0.25, 0.3) is 0 Å². The zero-order chi connectivity index (χ0) is 22.5. The lowest BCUT2D eigenvalue weighted by Gasteiger charge is -2.34. The maximum absolute atomic E-state index is 13.5. The van der Waals surface area contributed by atoms with Crippen molar-refractivity contribution in [2.45, 2.75) is 31.5 Å². The Labute approximate surface area is 187 Å². The van der Waals surface area contributed by atoms with Gasteiger partial charge in [0.05, 0.1) is 44.1 Å². The van der Waals surface area contributed by atoms with E-state index in [1.165, 1.54) is 0 Å². The average Bonchev–Trinajstić information content (AvgIpc) is 3.47. The number of hydrogen-bond acceptors (Lipinski definition) is 6. The van der Waals surface area contributed by atoms with Crippen LogP contribution in [0, 0.1) is 17.8 Å². The molecule has 1 unspecified atom stereocenters. The second-order valence-corrected chi connectivity index (χ2v) is 8.87. The largest absolute Gasteiger partial charge is 0.497 e. The number of benzene rings is 1. The van der Waals surface area contributed by atoms with Crippen LogP contribution in [0.4, 0.5) is 5.69 Å². The zero-order valence-corrected chi connectivity index (χ0v) is 18.4. The predicted molar refractivity (Wildman–Crippen MR) is 115 cm³/mol. The number of hydrogen-bond donors (Lipinski definition) is 0. The minimum atomic E-state index is -0.759. The van der Waals surface area contributed by atoms with E-state index in [2.05, 4.69) is 0 Å². The lowest BCUT2D eigenvalue weighted by molar-refractivity contribution is -0.152. The third kappa shape index (κ3) is 3.20. The summed E-state index contributed by atoms with van der Waals surface area (Å²) in [7, 11) is 1.60. The molecule has 8 heteroatoms. The number of fused-ring (bicyclic) bond motifs is 1. The SMILES string of the molecule is CCOC(=O)C1CCN(C(=O)C2[C@H]3C(=O)N(c4ccc(OC)cc4)C[C@]34C=C[C@H]2O4)CC1. The van der Waals surface area contributed by atoms with Crippen LogP contribution in [0.25, 0.3) is 0 Å². The van der Waals surface area contributed by atoms with Crippen molar-refractivity contribution in [3.63, 3.8) is 0 Å². The normalized spacial score (nSPS) is 31.2. The number of amides is 2. The topological polar surface area (TPSA) is 85.4 Å². The van der Waals surface area contributed by atoms with Crippen LogP contribution in [0.3, 0.4) is 0 Å². The first-order chi connectivity index (χ1) is 15.5. The molecule has 3 saturated heterocycles. The highest BCUT2D eigenvalue weighted by Gasteiger charge is 2.67. The first-order valence-electron chi connectivity index (χ1n) is 11.3. The Hall–Kier alpha value is -2.87. The van der Waals surface area contributed by atoms with Crippen LogP contribution in [0.1, 0.15) is 19.8 Å². The van der Waals surface area contributed by atoms with Crippen LogP contribution in [-0.2, 0) is 23.9 Å². The molecule has 0 saturated carbocycles. The summed E-state index contributed by atoms with van der Waals surface area (Å²) in [6.45, 7) is 3.53. The molecular weight excluding hydrogens is 412 g/mol. The zero-order valence-electron chi connectivity index (χ0n) is 18.4. The molecule has 8 nitrogen and oxygen atoms in total. The number of likely N-dealkylation sites (tertiary alicyclic amines) is 1. The average molecular weight is 440 g/mol. The van der Waals surface area contributed by atoms with Crippen molar-refractivity contribution in [1.29, 1.82) is 0 Å². The van der Waals surface area contributed by atoms with Crippen molar-refractivity contribution in [1.82, 2.24) is 4.90 Å². The predicted octanol–water partition coefficient (Wildman–Crippen LogP) is 1.78. The van der Waals surface area contributed by atoms with E-state index in [-0.39, 0.29) is 29.8 Å². The van der Waals surface area contributed by atoms with Crippen LogP contribution >= 0.6 is 0 Å². The molecule has 2 bridgehead atoms. The lowest BCUT2D eigenvalue weighted by Crippen LogP contribution is -2.49. The van der Waals surface area contributed by atoms with E-state index in [9.17, 15) is 14.4 Å². The Morgan fingerprint density at radius 2 is 1.91 bits per heavy atom. The number of anilines is 1. The summed E-state index contributed by atoms with van der Waals surface area (Å²) in [5.41, 5.74) is 0.00658. The molecule has 1 aromatic rings. The molecule has 1 aromatic carbocycles. The molecule has 0 radical (unpaired) electrons. The smallest absolute Gasteiger partial charge is 0.309 e. The Morgan fingerprint density at radius 1 is 1.19 bits per heavy atom. The molecule has 4 heterocycles. The minimum Gasteiger partial charge on any atom is -0.497 e. The third-order valence-corrected chi connectivity index (χ3v) is 7.20. The van der Waals surface area contributed by atoms with Crippen molar-refractivity contribution < 1.29 is 28.6 Å². The van der Waals surface area contributed by atoms with E-state index >= 15 is 0 Å².